The van der Waals surface area contributed by atoms with E-state index in [9.17, 15) is 4.79 Å². The fourth-order valence-electron chi connectivity index (χ4n) is 2.77. The number of ether oxygens (including phenoxy) is 1. The molecule has 1 saturated heterocycles. The molecule has 2 aromatic rings. The van der Waals surface area contributed by atoms with Crippen molar-refractivity contribution in [3.63, 3.8) is 0 Å². The van der Waals surface area contributed by atoms with Gasteiger partial charge in [-0.25, -0.2) is 4.68 Å². The Hall–Kier alpha value is -2.41. The van der Waals surface area contributed by atoms with Gasteiger partial charge in [-0.05, 0) is 38.1 Å². The van der Waals surface area contributed by atoms with Crippen LogP contribution in [0.5, 0.6) is 5.75 Å². The molecule has 0 bridgehead atoms. The molecule has 2 heterocycles. The molecule has 7 heteroatoms. The van der Waals surface area contributed by atoms with Crippen molar-refractivity contribution in [1.29, 1.82) is 0 Å². The Labute approximate surface area is 135 Å². The Morgan fingerprint density at radius 1 is 1.35 bits per heavy atom. The van der Waals surface area contributed by atoms with Crippen molar-refractivity contribution in [2.24, 2.45) is 0 Å². The zero-order chi connectivity index (χ0) is 16.4. The van der Waals surface area contributed by atoms with Crippen molar-refractivity contribution in [3.8, 4) is 11.4 Å². The molecule has 23 heavy (non-hydrogen) atoms. The van der Waals surface area contributed by atoms with Crippen LogP contribution >= 0.6 is 0 Å². The zero-order valence-corrected chi connectivity index (χ0v) is 13.6. The van der Waals surface area contributed by atoms with Gasteiger partial charge in [0.1, 0.15) is 5.75 Å². The van der Waals surface area contributed by atoms with Gasteiger partial charge in [0.05, 0.1) is 18.5 Å². The van der Waals surface area contributed by atoms with E-state index < -0.39 is 0 Å². The van der Waals surface area contributed by atoms with Gasteiger partial charge in [0, 0.05) is 25.7 Å². The molecule has 0 aliphatic carbocycles. The van der Waals surface area contributed by atoms with Crippen LogP contribution in [0, 0.1) is 6.92 Å². The molecular weight excluding hydrogens is 294 g/mol. The third-order valence-electron chi connectivity index (χ3n) is 4.18. The molecule has 1 fully saturated rings. The van der Waals surface area contributed by atoms with E-state index in [4.69, 9.17) is 4.74 Å². The van der Waals surface area contributed by atoms with Crippen molar-refractivity contribution in [2.45, 2.75) is 19.9 Å². The van der Waals surface area contributed by atoms with Crippen LogP contribution in [0.3, 0.4) is 0 Å². The van der Waals surface area contributed by atoms with Crippen molar-refractivity contribution >= 4 is 5.91 Å². The molecule has 1 aromatic heterocycles. The van der Waals surface area contributed by atoms with Gasteiger partial charge in [-0.1, -0.05) is 5.21 Å². The molecule has 1 N–H and O–H groups in total. The second-order valence-corrected chi connectivity index (χ2v) is 5.68. The summed E-state index contributed by atoms with van der Waals surface area (Å²) in [5.41, 5.74) is 2.00. The Kier molecular flexibility index (Phi) is 4.29. The van der Waals surface area contributed by atoms with Crippen molar-refractivity contribution < 1.29 is 9.53 Å². The Balaban J connectivity index is 1.87. The van der Waals surface area contributed by atoms with Gasteiger partial charge in [0.25, 0.3) is 5.91 Å². The third-order valence-corrected chi connectivity index (χ3v) is 4.18. The van der Waals surface area contributed by atoms with Crippen LogP contribution in [0.4, 0.5) is 0 Å². The van der Waals surface area contributed by atoms with Gasteiger partial charge in [0.15, 0.2) is 5.69 Å². The van der Waals surface area contributed by atoms with Gasteiger partial charge >= 0.3 is 0 Å². The number of piperazine rings is 1. The molecule has 0 unspecified atom stereocenters. The van der Waals surface area contributed by atoms with Crippen molar-refractivity contribution in [3.05, 3.63) is 35.7 Å². The molecule has 1 aromatic carbocycles. The predicted octanol–water partition coefficient (Wildman–Crippen LogP) is 1.02. The first kappa shape index (κ1) is 15.5. The van der Waals surface area contributed by atoms with Crippen LogP contribution in [-0.4, -0.2) is 58.6 Å². The quantitative estimate of drug-likeness (QED) is 0.915. The lowest BCUT2D eigenvalue weighted by molar-refractivity contribution is 0.0649. The van der Waals surface area contributed by atoms with Gasteiger partial charge in [-0.3, -0.25) is 4.79 Å². The van der Waals surface area contributed by atoms with Crippen LogP contribution in [0.1, 0.15) is 23.1 Å². The minimum Gasteiger partial charge on any atom is -0.497 e. The minimum atomic E-state index is -0.0590. The maximum Gasteiger partial charge on any atom is 0.276 e. The molecule has 122 valence electrons. The number of carbonyl (C=O) groups excluding carboxylic acids is 1. The maximum atomic E-state index is 12.7. The summed E-state index contributed by atoms with van der Waals surface area (Å²) in [5, 5.41) is 11.5. The number of hydrogen-bond donors (Lipinski definition) is 1. The third kappa shape index (κ3) is 2.92. The van der Waals surface area contributed by atoms with Crippen molar-refractivity contribution in [1.82, 2.24) is 25.2 Å². The van der Waals surface area contributed by atoms with E-state index in [1.807, 2.05) is 43.0 Å². The molecule has 0 saturated carbocycles. The lowest BCUT2D eigenvalue weighted by atomic mass is 10.2. The molecule has 0 spiro atoms. The van der Waals surface area contributed by atoms with E-state index in [-0.39, 0.29) is 11.9 Å². The van der Waals surface area contributed by atoms with Crippen LogP contribution in [0.2, 0.25) is 0 Å². The summed E-state index contributed by atoms with van der Waals surface area (Å²) < 4.78 is 6.84. The largest absolute Gasteiger partial charge is 0.497 e. The predicted molar refractivity (Wildman–Crippen MR) is 86.0 cm³/mol. The number of hydrogen-bond acceptors (Lipinski definition) is 5. The number of carbonyl (C=O) groups is 1. The maximum absolute atomic E-state index is 12.7. The first-order valence-electron chi connectivity index (χ1n) is 7.70. The van der Waals surface area contributed by atoms with E-state index in [0.717, 1.165) is 30.2 Å². The summed E-state index contributed by atoms with van der Waals surface area (Å²) in [6.07, 6.45) is 0. The van der Waals surface area contributed by atoms with E-state index in [1.54, 1.807) is 11.8 Å². The smallest absolute Gasteiger partial charge is 0.276 e. The van der Waals surface area contributed by atoms with Gasteiger partial charge in [0.2, 0.25) is 0 Å². The number of benzene rings is 1. The topological polar surface area (TPSA) is 72.3 Å². The summed E-state index contributed by atoms with van der Waals surface area (Å²) in [5.74, 6) is 0.716. The first-order valence-corrected chi connectivity index (χ1v) is 7.70. The zero-order valence-electron chi connectivity index (χ0n) is 13.6. The normalized spacial score (nSPS) is 18.0. The second kappa shape index (κ2) is 6.37. The van der Waals surface area contributed by atoms with Gasteiger partial charge < -0.3 is 15.0 Å². The Morgan fingerprint density at radius 2 is 2.09 bits per heavy atom. The Bertz CT molecular complexity index is 695. The van der Waals surface area contributed by atoms with E-state index in [1.165, 1.54) is 0 Å². The molecular formula is C16H21N5O2. The molecule has 0 radical (unpaired) electrons. The van der Waals surface area contributed by atoms with Gasteiger partial charge in [-0.2, -0.15) is 0 Å². The number of nitrogens with zero attached hydrogens (tertiary/aromatic N) is 4. The molecule has 3 rings (SSSR count). The standard InChI is InChI=1S/C16H21N5O2/c1-11-10-17-8-9-20(11)16(22)15-12(2)21(19-18-15)13-4-6-14(23-3)7-5-13/h4-7,11,17H,8-10H2,1-3H3/t11-/m0/s1. The highest BCUT2D eigenvalue weighted by molar-refractivity contribution is 5.93. The second-order valence-electron chi connectivity index (χ2n) is 5.68. The molecule has 1 aliphatic rings. The van der Waals surface area contributed by atoms with Crippen LogP contribution in [-0.2, 0) is 0 Å². The summed E-state index contributed by atoms with van der Waals surface area (Å²) in [6, 6.07) is 7.65. The number of methoxy groups -OCH3 is 1. The summed E-state index contributed by atoms with van der Waals surface area (Å²) in [6.45, 7) is 6.20. The average molecular weight is 315 g/mol. The fourth-order valence-corrected chi connectivity index (χ4v) is 2.77. The van der Waals surface area contributed by atoms with E-state index in [0.29, 0.717) is 12.2 Å². The summed E-state index contributed by atoms with van der Waals surface area (Å²) in [4.78, 5) is 14.6. The van der Waals surface area contributed by atoms with Crippen LogP contribution in [0.25, 0.3) is 5.69 Å². The lowest BCUT2D eigenvalue weighted by Crippen LogP contribution is -2.52. The SMILES string of the molecule is COc1ccc(-n2nnc(C(=O)N3CCNC[C@@H]3C)c2C)cc1. The molecule has 1 atom stereocenters. The fraction of sp³-hybridized carbons (Fsp3) is 0.438. The average Bonchev–Trinajstić information content (AvgIpc) is 2.96. The molecule has 1 aliphatic heterocycles. The van der Waals surface area contributed by atoms with Crippen LogP contribution < -0.4 is 10.1 Å². The highest BCUT2D eigenvalue weighted by atomic mass is 16.5. The van der Waals surface area contributed by atoms with Crippen LogP contribution in [0.15, 0.2) is 24.3 Å². The highest BCUT2D eigenvalue weighted by Crippen LogP contribution is 2.18. The summed E-state index contributed by atoms with van der Waals surface area (Å²) >= 11 is 0. The minimum absolute atomic E-state index is 0.0590. The number of amides is 1. The molecule has 1 amide bonds. The number of rotatable bonds is 3. The first-order chi connectivity index (χ1) is 11.1. The van der Waals surface area contributed by atoms with Crippen molar-refractivity contribution in [2.75, 3.05) is 26.7 Å². The molecule has 7 nitrogen and oxygen atoms in total. The summed E-state index contributed by atoms with van der Waals surface area (Å²) in [7, 11) is 1.63. The van der Waals surface area contributed by atoms with E-state index in [2.05, 4.69) is 15.6 Å². The van der Waals surface area contributed by atoms with E-state index >= 15 is 0 Å². The monoisotopic (exact) mass is 315 g/mol. The number of nitrogens with one attached hydrogen (secondary N) is 1. The Morgan fingerprint density at radius 3 is 2.74 bits per heavy atom. The highest BCUT2D eigenvalue weighted by Gasteiger charge is 2.28. The lowest BCUT2D eigenvalue weighted by Gasteiger charge is -2.33. The van der Waals surface area contributed by atoms with Gasteiger partial charge in [-0.15, -0.1) is 5.10 Å². The number of aromatic nitrogens is 3.